The molecule has 1 unspecified atom stereocenters. The van der Waals surface area contributed by atoms with Gasteiger partial charge < -0.3 is 4.42 Å². The molecule has 0 saturated heterocycles. The Bertz CT molecular complexity index is 628. The van der Waals surface area contributed by atoms with E-state index in [2.05, 4.69) is 18.7 Å². The van der Waals surface area contributed by atoms with Gasteiger partial charge in [-0.1, -0.05) is 36.5 Å². The van der Waals surface area contributed by atoms with Gasteiger partial charge in [-0.3, -0.25) is 4.79 Å². The maximum Gasteiger partial charge on any atom is 0.176 e. The Hall–Kier alpha value is -2.00. The van der Waals surface area contributed by atoms with Gasteiger partial charge in [0.2, 0.25) is 0 Å². The summed E-state index contributed by atoms with van der Waals surface area (Å²) in [4.78, 5) is 12.7. The Morgan fingerprint density at radius 1 is 1.43 bits per heavy atom. The highest BCUT2D eigenvalue weighted by Crippen LogP contribution is 2.22. The van der Waals surface area contributed by atoms with E-state index in [4.69, 9.17) is 4.42 Å². The van der Waals surface area contributed by atoms with Crippen LogP contribution in [0.15, 0.2) is 75.8 Å². The Morgan fingerprint density at radius 3 is 2.90 bits per heavy atom. The number of furan rings is 1. The van der Waals surface area contributed by atoms with E-state index in [-0.39, 0.29) is 11.7 Å². The van der Waals surface area contributed by atoms with E-state index in [0.29, 0.717) is 11.3 Å². The predicted octanol–water partition coefficient (Wildman–Crippen LogP) is 4.75. The molecule has 2 nitrogen and oxygen atoms in total. The first-order valence-electron chi connectivity index (χ1n) is 6.87. The monoisotopic (exact) mass is 298 g/mol. The zero-order valence-electron chi connectivity index (χ0n) is 11.9. The lowest BCUT2D eigenvalue weighted by atomic mass is 9.92. The second-order valence-electron chi connectivity index (χ2n) is 4.70. The molecule has 0 N–H and O–H groups in total. The number of thiol groups is 1. The molecule has 0 saturated carbocycles. The van der Waals surface area contributed by atoms with Gasteiger partial charge in [-0.15, -0.1) is 12.6 Å². The molecular formula is C18H18O2S. The Balaban J connectivity index is 1.96. The summed E-state index contributed by atoms with van der Waals surface area (Å²) in [6.07, 6.45) is 17.6. The fourth-order valence-corrected chi connectivity index (χ4v) is 2.23. The number of hydrogen-bond donors (Lipinski definition) is 1. The van der Waals surface area contributed by atoms with E-state index >= 15 is 0 Å². The van der Waals surface area contributed by atoms with E-state index in [9.17, 15) is 4.79 Å². The average molecular weight is 298 g/mol. The van der Waals surface area contributed by atoms with Crippen LogP contribution in [-0.4, -0.2) is 5.78 Å². The molecule has 1 aliphatic carbocycles. The minimum absolute atomic E-state index is 0.0537. The summed E-state index contributed by atoms with van der Waals surface area (Å²) in [6.45, 7) is 1.91. The van der Waals surface area contributed by atoms with Crippen LogP contribution >= 0.6 is 12.6 Å². The average Bonchev–Trinajstić information content (AvgIpc) is 3.04. The van der Waals surface area contributed by atoms with Crippen LogP contribution in [0.4, 0.5) is 0 Å². The summed E-state index contributed by atoms with van der Waals surface area (Å²) in [5.74, 6) is 0.743. The summed E-state index contributed by atoms with van der Waals surface area (Å²) >= 11 is 4.25. The summed E-state index contributed by atoms with van der Waals surface area (Å²) in [5.41, 5.74) is 1.08. The number of carbonyl (C=O) groups excluding carboxylic acids is 1. The van der Waals surface area contributed by atoms with Gasteiger partial charge in [-0.25, -0.2) is 0 Å². The molecule has 0 spiro atoms. The normalized spacial score (nSPS) is 19.4. The molecule has 21 heavy (non-hydrogen) atoms. The summed E-state index contributed by atoms with van der Waals surface area (Å²) in [7, 11) is 0. The third-order valence-electron chi connectivity index (χ3n) is 3.15. The van der Waals surface area contributed by atoms with E-state index in [1.165, 1.54) is 0 Å². The van der Waals surface area contributed by atoms with Crippen LogP contribution in [0.5, 0.6) is 0 Å². The second kappa shape index (κ2) is 7.70. The number of rotatable bonds is 5. The second-order valence-corrected chi connectivity index (χ2v) is 5.18. The van der Waals surface area contributed by atoms with Crippen LogP contribution in [0.2, 0.25) is 0 Å². The van der Waals surface area contributed by atoms with Crippen molar-refractivity contribution >= 4 is 24.5 Å². The molecule has 108 valence electrons. The fourth-order valence-electron chi connectivity index (χ4n) is 1.98. The third kappa shape index (κ3) is 4.50. The van der Waals surface area contributed by atoms with Crippen molar-refractivity contribution in [1.29, 1.82) is 0 Å². The molecule has 3 heteroatoms. The van der Waals surface area contributed by atoms with Crippen LogP contribution in [0.1, 0.15) is 19.1 Å². The van der Waals surface area contributed by atoms with Crippen molar-refractivity contribution in [3.8, 4) is 0 Å². The number of carbonyl (C=O) groups is 1. The van der Waals surface area contributed by atoms with Gasteiger partial charge in [0.1, 0.15) is 5.76 Å². The van der Waals surface area contributed by atoms with Gasteiger partial charge in [-0.2, -0.15) is 0 Å². The Kier molecular flexibility index (Phi) is 5.64. The van der Waals surface area contributed by atoms with Gasteiger partial charge >= 0.3 is 0 Å². The largest absolute Gasteiger partial charge is 0.465 e. The molecule has 0 fully saturated rings. The molecule has 1 aliphatic rings. The van der Waals surface area contributed by atoms with Crippen LogP contribution in [0.25, 0.3) is 6.08 Å². The van der Waals surface area contributed by atoms with Crippen molar-refractivity contribution < 1.29 is 9.21 Å². The van der Waals surface area contributed by atoms with Gasteiger partial charge in [0.15, 0.2) is 5.78 Å². The van der Waals surface area contributed by atoms with Gasteiger partial charge in [0.25, 0.3) is 0 Å². The van der Waals surface area contributed by atoms with Crippen LogP contribution < -0.4 is 0 Å². The van der Waals surface area contributed by atoms with Gasteiger partial charge in [0, 0.05) is 10.8 Å². The molecule has 1 heterocycles. The minimum Gasteiger partial charge on any atom is -0.465 e. The van der Waals surface area contributed by atoms with E-state index in [1.807, 2.05) is 55.5 Å². The molecule has 0 radical (unpaired) electrons. The Labute approximate surface area is 130 Å². The van der Waals surface area contributed by atoms with Crippen LogP contribution in [0, 0.1) is 5.92 Å². The maximum atomic E-state index is 12.2. The molecule has 1 aromatic rings. The predicted molar refractivity (Wildman–Crippen MR) is 90.0 cm³/mol. The van der Waals surface area contributed by atoms with Crippen LogP contribution in [0.3, 0.4) is 0 Å². The molecule has 1 aromatic heterocycles. The van der Waals surface area contributed by atoms with Crippen molar-refractivity contribution in [2.75, 3.05) is 0 Å². The number of Topliss-reactive ketones (excluding diaryl/α,β-unsaturated/α-hetero) is 1. The SMILES string of the molecule is C/C=C\C=C(/S)C(=O)C1C=CC(/C=C/c2ccco2)=CC1. The first-order valence-corrected chi connectivity index (χ1v) is 7.31. The molecule has 1 atom stereocenters. The smallest absolute Gasteiger partial charge is 0.176 e. The van der Waals surface area contributed by atoms with Crippen molar-refractivity contribution in [3.63, 3.8) is 0 Å². The topological polar surface area (TPSA) is 30.2 Å². The highest BCUT2D eigenvalue weighted by Gasteiger charge is 2.18. The highest BCUT2D eigenvalue weighted by atomic mass is 32.1. The fraction of sp³-hybridized carbons (Fsp3) is 0.167. The summed E-state index contributed by atoms with van der Waals surface area (Å²) in [5, 5.41) is 0. The molecular weight excluding hydrogens is 280 g/mol. The zero-order chi connectivity index (χ0) is 15.1. The molecule has 0 bridgehead atoms. The lowest BCUT2D eigenvalue weighted by molar-refractivity contribution is -0.117. The Morgan fingerprint density at radius 2 is 2.29 bits per heavy atom. The lowest BCUT2D eigenvalue weighted by Crippen LogP contribution is -2.13. The van der Waals surface area contributed by atoms with E-state index in [1.54, 1.807) is 12.3 Å². The van der Waals surface area contributed by atoms with Crippen molar-refractivity contribution in [3.05, 3.63) is 77.2 Å². The van der Waals surface area contributed by atoms with E-state index < -0.39 is 0 Å². The number of allylic oxidation sites excluding steroid dienone is 9. The number of hydrogen-bond acceptors (Lipinski definition) is 3. The first-order chi connectivity index (χ1) is 10.2. The molecule has 2 rings (SSSR count). The van der Waals surface area contributed by atoms with Crippen LogP contribution in [-0.2, 0) is 4.79 Å². The number of ketones is 1. The van der Waals surface area contributed by atoms with Crippen molar-refractivity contribution in [1.82, 2.24) is 0 Å². The van der Waals surface area contributed by atoms with Gasteiger partial charge in [0.05, 0.1) is 6.26 Å². The summed E-state index contributed by atoms with van der Waals surface area (Å²) < 4.78 is 5.24. The first kappa shape index (κ1) is 15.4. The minimum atomic E-state index is -0.125. The molecule has 0 aliphatic heterocycles. The van der Waals surface area contributed by atoms with Gasteiger partial charge in [-0.05, 0) is 43.2 Å². The molecule has 0 aromatic carbocycles. The zero-order valence-corrected chi connectivity index (χ0v) is 12.8. The van der Waals surface area contributed by atoms with Crippen molar-refractivity contribution in [2.45, 2.75) is 13.3 Å². The quantitative estimate of drug-likeness (QED) is 0.483. The standard InChI is InChI=1S/C18H18O2S/c1-2-3-6-17(21)18(19)15-10-7-14(8-11-15)9-12-16-5-4-13-20-16/h2-10,12-13,15,21H,11H2,1H3/b3-2-,12-9+,17-6-. The highest BCUT2D eigenvalue weighted by molar-refractivity contribution is 7.85. The summed E-state index contributed by atoms with van der Waals surface area (Å²) in [6, 6.07) is 3.75. The third-order valence-corrected chi connectivity index (χ3v) is 3.52. The molecule has 0 amide bonds. The lowest BCUT2D eigenvalue weighted by Gasteiger charge is -2.13. The maximum absolute atomic E-state index is 12.2. The van der Waals surface area contributed by atoms with E-state index in [0.717, 1.165) is 11.3 Å². The van der Waals surface area contributed by atoms with Crippen molar-refractivity contribution in [2.24, 2.45) is 5.92 Å².